The molecule has 4 heteroatoms. The van der Waals surface area contributed by atoms with Crippen molar-refractivity contribution in [2.45, 2.75) is 27.7 Å². The molecule has 1 N–H and O–H groups in total. The van der Waals surface area contributed by atoms with Crippen molar-refractivity contribution in [3.05, 3.63) is 11.6 Å². The monoisotopic (exact) mass is 293 g/mol. The molecule has 120 valence electrons. The van der Waals surface area contributed by atoms with Crippen LogP contribution in [0.2, 0.25) is 0 Å². The van der Waals surface area contributed by atoms with Gasteiger partial charge in [-0.15, -0.1) is 0 Å². The number of piperazine rings is 1. The number of allylic oxidation sites excluding steroid dienone is 2. The molecular formula is C17H31N3O. The molecule has 1 saturated heterocycles. The van der Waals surface area contributed by atoms with Gasteiger partial charge >= 0.3 is 0 Å². The first kappa shape index (κ1) is 16.5. The summed E-state index contributed by atoms with van der Waals surface area (Å²) in [5, 5.41) is 3.14. The number of nitrogens with zero attached hydrogens (tertiary/aromatic N) is 2. The molecule has 1 aliphatic heterocycles. The van der Waals surface area contributed by atoms with E-state index in [1.807, 2.05) is 0 Å². The van der Waals surface area contributed by atoms with Crippen molar-refractivity contribution in [2.24, 2.45) is 17.3 Å². The summed E-state index contributed by atoms with van der Waals surface area (Å²) in [6.45, 7) is 14.8. The zero-order valence-electron chi connectivity index (χ0n) is 14.3. The van der Waals surface area contributed by atoms with Gasteiger partial charge < -0.3 is 10.2 Å². The molecule has 1 saturated carbocycles. The van der Waals surface area contributed by atoms with E-state index in [2.05, 4.69) is 55.9 Å². The van der Waals surface area contributed by atoms with Crippen molar-refractivity contribution in [2.75, 3.05) is 46.3 Å². The number of likely N-dealkylation sites (N-methyl/N-ethyl adjacent to an activating group) is 1. The molecule has 2 aliphatic rings. The highest BCUT2D eigenvalue weighted by atomic mass is 16.2. The summed E-state index contributed by atoms with van der Waals surface area (Å²) in [5.41, 5.74) is 1.43. The molecule has 2 unspecified atom stereocenters. The van der Waals surface area contributed by atoms with Crippen LogP contribution in [0.25, 0.3) is 0 Å². The highest BCUT2D eigenvalue weighted by molar-refractivity contribution is 5.83. The predicted molar refractivity (Wildman–Crippen MR) is 87.1 cm³/mol. The van der Waals surface area contributed by atoms with Gasteiger partial charge in [-0.3, -0.25) is 9.69 Å². The molecule has 0 radical (unpaired) electrons. The molecule has 0 bridgehead atoms. The van der Waals surface area contributed by atoms with Gasteiger partial charge in [0.25, 0.3) is 0 Å². The summed E-state index contributed by atoms with van der Waals surface area (Å²) in [6.07, 6.45) is 2.25. The average molecular weight is 293 g/mol. The Bertz CT molecular complexity index is 404. The quantitative estimate of drug-likeness (QED) is 0.782. The lowest BCUT2D eigenvalue weighted by Gasteiger charge is -2.32. The summed E-state index contributed by atoms with van der Waals surface area (Å²) >= 11 is 0. The Hall–Kier alpha value is -0.870. The Kier molecular flexibility index (Phi) is 5.10. The summed E-state index contributed by atoms with van der Waals surface area (Å²) in [7, 11) is 2.16. The Morgan fingerprint density at radius 3 is 2.43 bits per heavy atom. The second kappa shape index (κ2) is 6.49. The van der Waals surface area contributed by atoms with E-state index in [1.165, 1.54) is 5.57 Å². The van der Waals surface area contributed by atoms with Crippen LogP contribution >= 0.6 is 0 Å². The third kappa shape index (κ3) is 4.07. The van der Waals surface area contributed by atoms with Crippen LogP contribution < -0.4 is 5.32 Å². The Morgan fingerprint density at radius 2 is 1.86 bits per heavy atom. The van der Waals surface area contributed by atoms with E-state index in [0.29, 0.717) is 5.92 Å². The Labute approximate surface area is 129 Å². The molecular weight excluding hydrogens is 262 g/mol. The minimum Gasteiger partial charge on any atom is -0.355 e. The van der Waals surface area contributed by atoms with Crippen molar-refractivity contribution < 1.29 is 4.79 Å². The molecule has 0 aromatic heterocycles. The van der Waals surface area contributed by atoms with Gasteiger partial charge in [0.2, 0.25) is 5.91 Å². The Balaban J connectivity index is 1.72. The molecule has 0 spiro atoms. The first-order valence-corrected chi connectivity index (χ1v) is 8.16. The molecule has 1 heterocycles. The third-order valence-corrected chi connectivity index (χ3v) is 5.03. The predicted octanol–water partition coefficient (Wildman–Crippen LogP) is 1.59. The molecule has 4 nitrogen and oxygen atoms in total. The number of carbonyl (C=O) groups is 1. The van der Waals surface area contributed by atoms with Crippen LogP contribution in [0.15, 0.2) is 11.6 Å². The van der Waals surface area contributed by atoms with Crippen LogP contribution in [0.5, 0.6) is 0 Å². The van der Waals surface area contributed by atoms with E-state index >= 15 is 0 Å². The molecule has 2 atom stereocenters. The fraction of sp³-hybridized carbons (Fsp3) is 0.824. The van der Waals surface area contributed by atoms with E-state index in [4.69, 9.17) is 0 Å². The maximum atomic E-state index is 12.3. The highest BCUT2D eigenvalue weighted by Crippen LogP contribution is 2.59. The first-order valence-electron chi connectivity index (χ1n) is 8.16. The van der Waals surface area contributed by atoms with Crippen LogP contribution in [0.4, 0.5) is 0 Å². The fourth-order valence-electron chi connectivity index (χ4n) is 3.37. The van der Waals surface area contributed by atoms with Crippen molar-refractivity contribution in [3.8, 4) is 0 Å². The smallest absolute Gasteiger partial charge is 0.224 e. The van der Waals surface area contributed by atoms with Crippen LogP contribution in [0, 0.1) is 17.3 Å². The summed E-state index contributed by atoms with van der Waals surface area (Å²) in [5.74, 6) is 0.794. The van der Waals surface area contributed by atoms with Crippen molar-refractivity contribution in [1.82, 2.24) is 15.1 Å². The van der Waals surface area contributed by atoms with Gasteiger partial charge in [-0.1, -0.05) is 25.5 Å². The van der Waals surface area contributed by atoms with Gasteiger partial charge in [0.1, 0.15) is 0 Å². The van der Waals surface area contributed by atoms with Gasteiger partial charge in [0.05, 0.1) is 5.92 Å². The van der Waals surface area contributed by atoms with E-state index in [0.717, 1.165) is 39.3 Å². The lowest BCUT2D eigenvalue weighted by atomic mass is 10.1. The summed E-state index contributed by atoms with van der Waals surface area (Å²) in [6, 6.07) is 0. The fourth-order valence-corrected chi connectivity index (χ4v) is 3.37. The highest BCUT2D eigenvalue weighted by Gasteiger charge is 2.60. The number of hydrogen-bond acceptors (Lipinski definition) is 3. The van der Waals surface area contributed by atoms with Crippen LogP contribution in [0.3, 0.4) is 0 Å². The van der Waals surface area contributed by atoms with E-state index in [9.17, 15) is 4.79 Å². The topological polar surface area (TPSA) is 35.6 Å². The normalized spacial score (nSPS) is 29.0. The number of nitrogens with one attached hydrogen (secondary N) is 1. The molecule has 0 aromatic rings. The van der Waals surface area contributed by atoms with Gasteiger partial charge in [-0.05, 0) is 32.2 Å². The third-order valence-electron chi connectivity index (χ3n) is 5.03. The molecule has 1 aliphatic carbocycles. The Morgan fingerprint density at radius 1 is 1.24 bits per heavy atom. The number of carbonyl (C=O) groups excluding carboxylic acids is 1. The van der Waals surface area contributed by atoms with Gasteiger partial charge in [0, 0.05) is 39.3 Å². The summed E-state index contributed by atoms with van der Waals surface area (Å²) < 4.78 is 0. The van der Waals surface area contributed by atoms with E-state index in [1.54, 1.807) is 0 Å². The molecule has 0 aromatic carbocycles. The van der Waals surface area contributed by atoms with E-state index in [-0.39, 0.29) is 17.2 Å². The van der Waals surface area contributed by atoms with Gasteiger partial charge in [-0.25, -0.2) is 0 Å². The first-order chi connectivity index (χ1) is 9.82. The largest absolute Gasteiger partial charge is 0.355 e. The maximum absolute atomic E-state index is 12.3. The lowest BCUT2D eigenvalue weighted by Crippen LogP contribution is -2.47. The van der Waals surface area contributed by atoms with Crippen LogP contribution in [0.1, 0.15) is 27.7 Å². The minimum absolute atomic E-state index is 0.120. The molecule has 2 rings (SSSR count). The maximum Gasteiger partial charge on any atom is 0.224 e. The van der Waals surface area contributed by atoms with Crippen LogP contribution in [-0.2, 0) is 4.79 Å². The number of hydrogen-bond donors (Lipinski definition) is 1. The van der Waals surface area contributed by atoms with Gasteiger partial charge in [-0.2, -0.15) is 0 Å². The zero-order valence-corrected chi connectivity index (χ0v) is 14.3. The second-order valence-corrected chi connectivity index (χ2v) is 7.50. The minimum atomic E-state index is 0.120. The second-order valence-electron chi connectivity index (χ2n) is 7.50. The molecule has 2 fully saturated rings. The van der Waals surface area contributed by atoms with E-state index < -0.39 is 0 Å². The zero-order chi connectivity index (χ0) is 15.6. The summed E-state index contributed by atoms with van der Waals surface area (Å²) in [4.78, 5) is 17.1. The van der Waals surface area contributed by atoms with Crippen molar-refractivity contribution in [1.29, 1.82) is 0 Å². The SMILES string of the molecule is CC(C)=CC1C(C(=O)NCCN2CCN(C)CC2)C1(C)C. The number of rotatable bonds is 5. The standard InChI is InChI=1S/C17H31N3O/c1-13(2)12-14-15(17(14,3)4)16(21)18-6-7-20-10-8-19(5)9-11-20/h12,14-15H,6-11H2,1-5H3,(H,18,21). The average Bonchev–Trinajstić information content (AvgIpc) is 2.92. The van der Waals surface area contributed by atoms with Gasteiger partial charge in [0.15, 0.2) is 0 Å². The van der Waals surface area contributed by atoms with Crippen LogP contribution in [-0.4, -0.2) is 62.0 Å². The molecule has 21 heavy (non-hydrogen) atoms. The molecule has 1 amide bonds. The van der Waals surface area contributed by atoms with Crippen molar-refractivity contribution in [3.63, 3.8) is 0 Å². The lowest BCUT2D eigenvalue weighted by molar-refractivity contribution is -0.123. The van der Waals surface area contributed by atoms with Crippen molar-refractivity contribution >= 4 is 5.91 Å². The number of amides is 1.